The van der Waals surface area contributed by atoms with Crippen LogP contribution in [0.2, 0.25) is 5.15 Å². The Morgan fingerprint density at radius 3 is 1.92 bits per heavy atom. The van der Waals surface area contributed by atoms with Crippen LogP contribution in [0.25, 0.3) is 0 Å². The quantitative estimate of drug-likeness (QED) is 0.444. The number of hydrogen-bond donors (Lipinski definition) is 1. The van der Waals surface area contributed by atoms with E-state index in [2.05, 4.69) is 17.6 Å². The zero-order chi connectivity index (χ0) is 18.1. The molecule has 0 aliphatic rings. The Balaban J connectivity index is 0.000000212. The summed E-state index contributed by atoms with van der Waals surface area (Å²) in [5, 5.41) is 1.40. The molecule has 0 atom stereocenters. The van der Waals surface area contributed by atoms with Gasteiger partial charge in [-0.15, -0.1) is 12.6 Å². The second-order valence-corrected chi connectivity index (χ2v) is 6.77. The molecule has 1 heterocycles. The molecule has 0 bridgehead atoms. The lowest BCUT2D eigenvalue weighted by Crippen LogP contribution is -1.82. The van der Waals surface area contributed by atoms with Crippen molar-refractivity contribution in [3.63, 3.8) is 0 Å². The Morgan fingerprint density at radius 2 is 1.40 bits per heavy atom. The van der Waals surface area contributed by atoms with Crippen LogP contribution in [0.5, 0.6) is 11.5 Å². The van der Waals surface area contributed by atoms with Crippen molar-refractivity contribution < 1.29 is 9.47 Å². The van der Waals surface area contributed by atoms with Gasteiger partial charge >= 0.3 is 0 Å². The number of methoxy groups -OCH3 is 2. The topological polar surface area (TPSA) is 31.4 Å². The van der Waals surface area contributed by atoms with Gasteiger partial charge in [0.2, 0.25) is 0 Å². The maximum absolute atomic E-state index is 5.81. The van der Waals surface area contributed by atoms with E-state index in [-0.39, 0.29) is 0 Å². The Kier molecular flexibility index (Phi) is 7.98. The van der Waals surface area contributed by atoms with Gasteiger partial charge in [0.15, 0.2) is 0 Å². The van der Waals surface area contributed by atoms with Crippen LogP contribution in [0, 0.1) is 0 Å². The molecule has 0 unspecified atom stereocenters. The third kappa shape index (κ3) is 6.90. The molecule has 2 aromatic carbocycles. The van der Waals surface area contributed by atoms with E-state index in [0.29, 0.717) is 5.15 Å². The van der Waals surface area contributed by atoms with Gasteiger partial charge in [0.25, 0.3) is 0 Å². The van der Waals surface area contributed by atoms with Crippen molar-refractivity contribution in [1.82, 2.24) is 4.98 Å². The fourth-order valence-corrected chi connectivity index (χ4v) is 2.96. The molecule has 3 nitrogen and oxygen atoms in total. The van der Waals surface area contributed by atoms with E-state index in [9.17, 15) is 0 Å². The number of benzene rings is 2. The monoisotopic (exact) mass is 391 g/mol. The largest absolute Gasteiger partial charge is 0.497 e. The van der Waals surface area contributed by atoms with E-state index >= 15 is 0 Å². The van der Waals surface area contributed by atoms with Gasteiger partial charge in [-0.3, -0.25) is 0 Å². The van der Waals surface area contributed by atoms with Gasteiger partial charge in [0.1, 0.15) is 21.7 Å². The van der Waals surface area contributed by atoms with Crippen LogP contribution in [0.3, 0.4) is 0 Å². The summed E-state index contributed by atoms with van der Waals surface area (Å²) in [4.78, 5) is 6.27. The normalized spacial score (nSPS) is 9.76. The van der Waals surface area contributed by atoms with E-state index < -0.39 is 0 Å². The first-order valence-electron chi connectivity index (χ1n) is 7.38. The van der Waals surface area contributed by atoms with Gasteiger partial charge in [0, 0.05) is 9.79 Å². The maximum Gasteiger partial charge on any atom is 0.130 e. The predicted molar refractivity (Wildman–Crippen MR) is 107 cm³/mol. The number of halogens is 1. The molecule has 25 heavy (non-hydrogen) atoms. The molecular formula is C19H18ClNO2S2. The predicted octanol–water partition coefficient (Wildman–Crippen LogP) is 5.88. The molecule has 0 amide bonds. The number of hydrogen-bond acceptors (Lipinski definition) is 5. The number of thiol groups is 1. The Hall–Kier alpha value is -1.82. The Morgan fingerprint density at radius 1 is 0.840 bits per heavy atom. The molecule has 0 saturated carbocycles. The highest BCUT2D eigenvalue weighted by Crippen LogP contribution is 2.28. The zero-order valence-corrected chi connectivity index (χ0v) is 16.3. The summed E-state index contributed by atoms with van der Waals surface area (Å²) < 4.78 is 10.0. The Bertz CT molecular complexity index is 780. The highest BCUT2D eigenvalue weighted by Gasteiger charge is 2.00. The van der Waals surface area contributed by atoms with Crippen molar-refractivity contribution in [3.05, 3.63) is 71.9 Å². The van der Waals surface area contributed by atoms with Gasteiger partial charge in [-0.2, -0.15) is 0 Å². The van der Waals surface area contributed by atoms with Crippen molar-refractivity contribution in [1.29, 1.82) is 0 Å². The molecule has 6 heteroatoms. The lowest BCUT2D eigenvalue weighted by molar-refractivity contribution is 0.414. The van der Waals surface area contributed by atoms with Crippen molar-refractivity contribution >= 4 is 36.0 Å². The molecule has 0 aliphatic heterocycles. The fourth-order valence-electron chi connectivity index (χ4n) is 1.79. The summed E-state index contributed by atoms with van der Waals surface area (Å²) in [7, 11) is 3.30. The molecule has 3 aromatic rings. The van der Waals surface area contributed by atoms with Crippen molar-refractivity contribution in [3.8, 4) is 11.5 Å². The maximum atomic E-state index is 5.81. The van der Waals surface area contributed by atoms with Crippen molar-refractivity contribution in [2.24, 2.45) is 0 Å². The summed E-state index contributed by atoms with van der Waals surface area (Å²) >= 11 is 11.5. The lowest BCUT2D eigenvalue weighted by Gasteiger charge is -2.02. The van der Waals surface area contributed by atoms with Gasteiger partial charge in [0.05, 0.1) is 14.2 Å². The minimum atomic E-state index is 0.513. The van der Waals surface area contributed by atoms with Crippen LogP contribution in [0.15, 0.2) is 81.5 Å². The SMILES string of the molecule is COc1ccc(S)cc1.COc1ccc(Sc2cccc(Cl)n2)cc1. The van der Waals surface area contributed by atoms with E-state index in [1.165, 1.54) is 0 Å². The molecular weight excluding hydrogens is 374 g/mol. The number of pyridine rings is 1. The first-order valence-corrected chi connectivity index (χ1v) is 9.02. The second-order valence-electron chi connectivity index (χ2n) is 4.77. The summed E-state index contributed by atoms with van der Waals surface area (Å²) in [6.07, 6.45) is 0. The summed E-state index contributed by atoms with van der Waals surface area (Å²) in [5.41, 5.74) is 0. The van der Waals surface area contributed by atoms with Gasteiger partial charge < -0.3 is 9.47 Å². The molecule has 0 saturated heterocycles. The van der Waals surface area contributed by atoms with E-state index in [1.54, 1.807) is 32.0 Å². The van der Waals surface area contributed by atoms with Crippen LogP contribution < -0.4 is 9.47 Å². The highest BCUT2D eigenvalue weighted by atomic mass is 35.5. The number of aromatic nitrogens is 1. The third-order valence-corrected chi connectivity index (χ3v) is 4.50. The smallest absolute Gasteiger partial charge is 0.130 e. The van der Waals surface area contributed by atoms with E-state index in [0.717, 1.165) is 26.3 Å². The van der Waals surface area contributed by atoms with Gasteiger partial charge in [-0.25, -0.2) is 4.98 Å². The molecule has 130 valence electrons. The molecule has 0 N–H and O–H groups in total. The van der Waals surface area contributed by atoms with Crippen LogP contribution in [0.4, 0.5) is 0 Å². The van der Waals surface area contributed by atoms with Crippen molar-refractivity contribution in [2.45, 2.75) is 14.8 Å². The van der Waals surface area contributed by atoms with Crippen LogP contribution >= 0.6 is 36.0 Å². The van der Waals surface area contributed by atoms with Gasteiger partial charge in [-0.05, 0) is 60.7 Å². The summed E-state index contributed by atoms with van der Waals surface area (Å²) in [6, 6.07) is 21.0. The average molecular weight is 392 g/mol. The minimum Gasteiger partial charge on any atom is -0.497 e. The molecule has 0 fully saturated rings. The first kappa shape index (κ1) is 19.5. The van der Waals surface area contributed by atoms with Crippen LogP contribution in [-0.4, -0.2) is 19.2 Å². The molecule has 0 aliphatic carbocycles. The molecule has 1 aromatic heterocycles. The number of ether oxygens (including phenoxy) is 2. The summed E-state index contributed by atoms with van der Waals surface area (Å²) in [6.45, 7) is 0. The third-order valence-electron chi connectivity index (χ3n) is 3.04. The highest BCUT2D eigenvalue weighted by molar-refractivity contribution is 7.99. The standard InChI is InChI=1S/C12H10ClNOS.C7H8OS/c1-15-9-5-7-10(8-6-9)16-12-4-2-3-11(13)14-12;1-8-6-2-4-7(9)5-3-6/h2-8H,1H3;2-5,9H,1H3. The van der Waals surface area contributed by atoms with E-state index in [4.69, 9.17) is 21.1 Å². The lowest BCUT2D eigenvalue weighted by atomic mass is 10.3. The molecule has 3 rings (SSSR count). The van der Waals surface area contributed by atoms with Crippen LogP contribution in [-0.2, 0) is 0 Å². The summed E-state index contributed by atoms with van der Waals surface area (Å²) in [5.74, 6) is 1.72. The van der Waals surface area contributed by atoms with Crippen molar-refractivity contribution in [2.75, 3.05) is 14.2 Å². The molecule has 0 radical (unpaired) electrons. The number of rotatable bonds is 4. The minimum absolute atomic E-state index is 0.513. The number of nitrogens with zero attached hydrogens (tertiary/aromatic N) is 1. The fraction of sp³-hybridized carbons (Fsp3) is 0.105. The van der Waals surface area contributed by atoms with E-state index in [1.807, 2.05) is 60.7 Å². The zero-order valence-electron chi connectivity index (χ0n) is 13.8. The Labute approximate surface area is 162 Å². The average Bonchev–Trinajstić information content (AvgIpc) is 2.64. The molecule has 0 spiro atoms. The van der Waals surface area contributed by atoms with Gasteiger partial charge in [-0.1, -0.05) is 29.4 Å². The van der Waals surface area contributed by atoms with Crippen LogP contribution in [0.1, 0.15) is 0 Å². The first-order chi connectivity index (χ1) is 12.1. The second kappa shape index (κ2) is 10.2.